The van der Waals surface area contributed by atoms with Gasteiger partial charge in [0, 0.05) is 16.8 Å². The Morgan fingerprint density at radius 3 is 2.31 bits per heavy atom. The lowest BCUT2D eigenvalue weighted by Crippen LogP contribution is -2.10. The van der Waals surface area contributed by atoms with Gasteiger partial charge in [-0.2, -0.15) is 8.42 Å². The largest absolute Gasteiger partial charge is 0.378 e. The quantitative estimate of drug-likeness (QED) is 0.450. The van der Waals surface area contributed by atoms with Crippen LogP contribution in [0.2, 0.25) is 5.02 Å². The van der Waals surface area contributed by atoms with Crippen molar-refractivity contribution in [2.45, 2.75) is 11.8 Å². The number of hydrogen-bond donors (Lipinski definition) is 0. The summed E-state index contributed by atoms with van der Waals surface area (Å²) in [6, 6.07) is 20.3. The van der Waals surface area contributed by atoms with Crippen LogP contribution < -0.4 is 4.18 Å². The predicted molar refractivity (Wildman–Crippen MR) is 104 cm³/mol. The molecule has 132 valence electrons. The Morgan fingerprint density at radius 2 is 1.58 bits per heavy atom. The summed E-state index contributed by atoms with van der Waals surface area (Å²) in [7, 11) is -3.96. The summed E-state index contributed by atoms with van der Waals surface area (Å²) in [5.74, 6) is 0.208. The fourth-order valence-electron chi connectivity index (χ4n) is 2.28. The van der Waals surface area contributed by atoms with Crippen molar-refractivity contribution in [2.24, 2.45) is 4.99 Å². The van der Waals surface area contributed by atoms with Crippen molar-refractivity contribution in [1.82, 2.24) is 0 Å². The van der Waals surface area contributed by atoms with Crippen molar-refractivity contribution in [3.8, 4) is 5.75 Å². The SMILES string of the molecule is Cc1ccccc1N=Cc1ccccc1OS(=O)(=O)c1ccc(Cl)cc1. The van der Waals surface area contributed by atoms with Gasteiger partial charge in [0.15, 0.2) is 5.75 Å². The zero-order valence-corrected chi connectivity index (χ0v) is 15.5. The second-order valence-corrected chi connectivity index (χ2v) is 7.56. The molecule has 0 radical (unpaired) electrons. The third-order valence-electron chi connectivity index (χ3n) is 3.68. The van der Waals surface area contributed by atoms with Crippen molar-refractivity contribution >= 4 is 33.6 Å². The number of aryl methyl sites for hydroxylation is 1. The monoisotopic (exact) mass is 385 g/mol. The molecule has 3 aromatic carbocycles. The van der Waals surface area contributed by atoms with Gasteiger partial charge in [-0.1, -0.05) is 41.9 Å². The minimum atomic E-state index is -3.96. The molecule has 0 N–H and O–H groups in total. The lowest BCUT2D eigenvalue weighted by Gasteiger charge is -2.09. The molecule has 0 aromatic heterocycles. The molecule has 3 rings (SSSR count). The second-order valence-electron chi connectivity index (χ2n) is 5.57. The first-order valence-electron chi connectivity index (χ1n) is 7.84. The van der Waals surface area contributed by atoms with Gasteiger partial charge >= 0.3 is 10.1 Å². The molecule has 0 saturated heterocycles. The lowest BCUT2D eigenvalue weighted by atomic mass is 10.2. The molecule has 0 amide bonds. The molecule has 0 fully saturated rings. The molecule has 0 aliphatic rings. The molecule has 0 heterocycles. The van der Waals surface area contributed by atoms with E-state index in [1.807, 2.05) is 31.2 Å². The summed E-state index contributed by atoms with van der Waals surface area (Å²) in [6.07, 6.45) is 1.59. The van der Waals surface area contributed by atoms with Crippen LogP contribution in [0.25, 0.3) is 0 Å². The van der Waals surface area contributed by atoms with Gasteiger partial charge in [-0.15, -0.1) is 0 Å². The number of nitrogens with zero attached hydrogens (tertiary/aromatic N) is 1. The molecule has 0 bridgehead atoms. The van der Waals surface area contributed by atoms with Gasteiger partial charge in [-0.25, -0.2) is 0 Å². The molecular formula is C20H16ClNO3S. The van der Waals surface area contributed by atoms with Crippen LogP contribution in [0.5, 0.6) is 5.75 Å². The molecule has 4 nitrogen and oxygen atoms in total. The Kier molecular flexibility index (Phi) is 5.40. The first kappa shape index (κ1) is 18.2. The highest BCUT2D eigenvalue weighted by atomic mass is 35.5. The zero-order chi connectivity index (χ0) is 18.6. The third-order valence-corrected chi connectivity index (χ3v) is 5.18. The molecule has 0 aliphatic carbocycles. The Bertz CT molecular complexity index is 1040. The van der Waals surface area contributed by atoms with Crippen LogP contribution in [0.1, 0.15) is 11.1 Å². The maximum absolute atomic E-state index is 12.5. The Labute approximate surface area is 157 Å². The first-order chi connectivity index (χ1) is 12.5. The molecule has 0 saturated carbocycles. The standard InChI is InChI=1S/C20H16ClNO3S/c1-15-6-2-4-8-19(15)22-14-16-7-3-5-9-20(16)25-26(23,24)18-12-10-17(21)11-13-18/h2-14H,1H3. The Morgan fingerprint density at radius 1 is 0.923 bits per heavy atom. The summed E-state index contributed by atoms with van der Waals surface area (Å²) >= 11 is 5.81. The Hall–Kier alpha value is -2.63. The normalized spacial score (nSPS) is 11.6. The van der Waals surface area contributed by atoms with Gasteiger partial charge in [0.1, 0.15) is 4.90 Å². The lowest BCUT2D eigenvalue weighted by molar-refractivity contribution is 0.485. The molecule has 6 heteroatoms. The van der Waals surface area contributed by atoms with E-state index in [-0.39, 0.29) is 10.6 Å². The highest BCUT2D eigenvalue weighted by Gasteiger charge is 2.18. The predicted octanol–water partition coefficient (Wildman–Crippen LogP) is 5.17. The van der Waals surface area contributed by atoms with Gasteiger partial charge in [-0.05, 0) is 55.0 Å². The smallest absolute Gasteiger partial charge is 0.339 e. The third kappa shape index (κ3) is 4.31. The summed E-state index contributed by atoms with van der Waals surface area (Å²) in [6.45, 7) is 1.96. The van der Waals surface area contributed by atoms with Crippen molar-refractivity contribution in [3.05, 3.63) is 88.9 Å². The van der Waals surface area contributed by atoms with Crippen LogP contribution in [-0.4, -0.2) is 14.6 Å². The van der Waals surface area contributed by atoms with E-state index in [9.17, 15) is 8.42 Å². The first-order valence-corrected chi connectivity index (χ1v) is 9.63. The molecule has 0 aliphatic heterocycles. The van der Waals surface area contributed by atoms with E-state index in [4.69, 9.17) is 15.8 Å². The molecule has 3 aromatic rings. The van der Waals surface area contributed by atoms with E-state index >= 15 is 0 Å². The fraction of sp³-hybridized carbons (Fsp3) is 0.0500. The average molecular weight is 386 g/mol. The molecular weight excluding hydrogens is 370 g/mol. The minimum absolute atomic E-state index is 0.0348. The second kappa shape index (κ2) is 7.72. The maximum atomic E-state index is 12.5. The van der Waals surface area contributed by atoms with Gasteiger partial charge in [0.25, 0.3) is 0 Å². The number of aliphatic imine (C=N–C) groups is 1. The van der Waals surface area contributed by atoms with Gasteiger partial charge < -0.3 is 4.18 Å². The van der Waals surface area contributed by atoms with E-state index in [0.29, 0.717) is 10.6 Å². The fourth-order valence-corrected chi connectivity index (χ4v) is 3.36. The van der Waals surface area contributed by atoms with Crippen molar-refractivity contribution in [1.29, 1.82) is 0 Å². The van der Waals surface area contributed by atoms with Crippen LogP contribution >= 0.6 is 11.6 Å². The molecule has 0 unspecified atom stereocenters. The minimum Gasteiger partial charge on any atom is -0.378 e. The number of rotatable bonds is 5. The van der Waals surface area contributed by atoms with Crippen molar-refractivity contribution in [3.63, 3.8) is 0 Å². The molecule has 0 atom stereocenters. The number of halogens is 1. The van der Waals surface area contributed by atoms with Crippen molar-refractivity contribution < 1.29 is 12.6 Å². The van der Waals surface area contributed by atoms with Gasteiger partial charge in [-0.3, -0.25) is 4.99 Å². The van der Waals surface area contributed by atoms with Crippen LogP contribution in [-0.2, 0) is 10.1 Å². The highest BCUT2D eigenvalue weighted by Crippen LogP contribution is 2.24. The van der Waals surface area contributed by atoms with Crippen LogP contribution in [0.15, 0.2) is 82.7 Å². The average Bonchev–Trinajstić information content (AvgIpc) is 2.62. The zero-order valence-electron chi connectivity index (χ0n) is 14.0. The maximum Gasteiger partial charge on any atom is 0.339 e. The van der Waals surface area contributed by atoms with Crippen LogP contribution in [0.4, 0.5) is 5.69 Å². The van der Waals surface area contributed by atoms with E-state index in [2.05, 4.69) is 4.99 Å². The van der Waals surface area contributed by atoms with Gasteiger partial charge in [0.2, 0.25) is 0 Å². The number of para-hydroxylation sites is 2. The molecule has 0 spiro atoms. The van der Waals surface area contributed by atoms with Crippen LogP contribution in [0, 0.1) is 6.92 Å². The summed E-state index contributed by atoms with van der Waals surface area (Å²) < 4.78 is 30.3. The van der Waals surface area contributed by atoms with E-state index in [1.54, 1.807) is 30.5 Å². The topological polar surface area (TPSA) is 55.7 Å². The van der Waals surface area contributed by atoms with Crippen molar-refractivity contribution in [2.75, 3.05) is 0 Å². The van der Waals surface area contributed by atoms with Crippen LogP contribution in [0.3, 0.4) is 0 Å². The number of hydrogen-bond acceptors (Lipinski definition) is 4. The van der Waals surface area contributed by atoms with E-state index in [0.717, 1.165) is 11.3 Å². The summed E-state index contributed by atoms with van der Waals surface area (Å²) in [4.78, 5) is 4.47. The number of benzene rings is 3. The van der Waals surface area contributed by atoms with Gasteiger partial charge in [0.05, 0.1) is 5.69 Å². The molecule has 26 heavy (non-hydrogen) atoms. The summed E-state index contributed by atoms with van der Waals surface area (Å²) in [5.41, 5.74) is 2.40. The Balaban J connectivity index is 1.90. The van der Waals surface area contributed by atoms with E-state index in [1.165, 1.54) is 24.3 Å². The highest BCUT2D eigenvalue weighted by molar-refractivity contribution is 7.87. The van der Waals surface area contributed by atoms with E-state index < -0.39 is 10.1 Å². The summed E-state index contributed by atoms with van der Waals surface area (Å²) in [5, 5.41) is 0.453.